The lowest BCUT2D eigenvalue weighted by molar-refractivity contribution is -0.161. The van der Waals surface area contributed by atoms with Gasteiger partial charge >= 0.3 is 25.6 Å². The van der Waals surface area contributed by atoms with Crippen LogP contribution in [-0.2, 0) is 58.2 Å². The number of imide groups is 1. The summed E-state index contributed by atoms with van der Waals surface area (Å²) in [6, 6.07) is -0.917. The summed E-state index contributed by atoms with van der Waals surface area (Å²) in [6.07, 6.45) is 1.27. The smallest absolute Gasteiger partial charge is 0.388 e. The molecule has 0 radical (unpaired) electrons. The van der Waals surface area contributed by atoms with E-state index in [-0.39, 0.29) is 31.0 Å². The number of hydrogen-bond acceptors (Lipinski definition) is 15. The van der Waals surface area contributed by atoms with Crippen LogP contribution in [0, 0.1) is 10.8 Å². The first-order chi connectivity index (χ1) is 21.4. The minimum absolute atomic E-state index is 0.0179. The van der Waals surface area contributed by atoms with Gasteiger partial charge in [0.25, 0.3) is 5.91 Å². The van der Waals surface area contributed by atoms with Gasteiger partial charge in [0.05, 0.1) is 30.2 Å². The zero-order valence-corrected chi connectivity index (χ0v) is 28.0. The molecule has 1 aromatic rings. The Bertz CT molecular complexity index is 1310. The van der Waals surface area contributed by atoms with Crippen molar-refractivity contribution in [2.75, 3.05) is 33.9 Å². The number of methoxy groups -OCH3 is 1. The fraction of sp³-hybridized carbons (Fsp3) is 0.630. The second-order valence-electron chi connectivity index (χ2n) is 11.7. The lowest BCUT2D eigenvalue weighted by atomic mass is 9.98. The van der Waals surface area contributed by atoms with Gasteiger partial charge in [0.15, 0.2) is 23.1 Å². The number of urea groups is 1. The highest BCUT2D eigenvalue weighted by Gasteiger charge is 2.40. The summed E-state index contributed by atoms with van der Waals surface area (Å²) in [5.74, 6) is -2.49. The average molecular weight is 676 g/mol. The highest BCUT2D eigenvalue weighted by Crippen LogP contribution is 2.46. The number of ether oxygens (including phenoxy) is 5. The van der Waals surface area contributed by atoms with Gasteiger partial charge in [-0.2, -0.15) is 0 Å². The van der Waals surface area contributed by atoms with Crippen LogP contribution in [0.15, 0.2) is 29.9 Å². The van der Waals surface area contributed by atoms with Gasteiger partial charge in [-0.15, -0.1) is 5.10 Å². The molecule has 2 heterocycles. The number of rotatable bonds is 15. The third-order valence-corrected chi connectivity index (χ3v) is 7.33. The van der Waals surface area contributed by atoms with Crippen molar-refractivity contribution in [2.45, 2.75) is 67.3 Å². The van der Waals surface area contributed by atoms with Crippen LogP contribution in [0.1, 0.15) is 48.5 Å². The number of hydrogen-bond donors (Lipinski definition) is 3. The molecule has 0 fully saturated rings. The Kier molecular flexibility index (Phi) is 13.9. The van der Waals surface area contributed by atoms with Gasteiger partial charge in [0, 0.05) is 7.11 Å². The fourth-order valence-corrected chi connectivity index (χ4v) is 4.38. The summed E-state index contributed by atoms with van der Waals surface area (Å²) in [7, 11) is -2.97. The summed E-state index contributed by atoms with van der Waals surface area (Å²) in [5, 5.41) is 23.0. The van der Waals surface area contributed by atoms with E-state index in [0.717, 1.165) is 17.0 Å². The van der Waals surface area contributed by atoms with Gasteiger partial charge in [-0.1, -0.05) is 11.3 Å². The molecule has 0 bridgehead atoms. The second kappa shape index (κ2) is 16.6. The molecule has 0 saturated heterocycles. The van der Waals surface area contributed by atoms with Crippen LogP contribution in [0.25, 0.3) is 0 Å². The number of nitrogens with zero attached hydrogens (tertiary/aromatic N) is 3. The predicted octanol–water partition coefficient (Wildman–Crippen LogP) is 1.78. The molecule has 1 aliphatic rings. The van der Waals surface area contributed by atoms with Crippen LogP contribution in [0.2, 0.25) is 0 Å². The first-order valence-corrected chi connectivity index (χ1v) is 15.5. The van der Waals surface area contributed by atoms with Crippen LogP contribution >= 0.6 is 7.60 Å². The maximum Gasteiger partial charge on any atom is 0.388 e. The van der Waals surface area contributed by atoms with Gasteiger partial charge in [-0.25, -0.2) is 9.48 Å². The first kappa shape index (κ1) is 38.4. The van der Waals surface area contributed by atoms with Crippen molar-refractivity contribution in [1.82, 2.24) is 25.6 Å². The van der Waals surface area contributed by atoms with Crippen LogP contribution in [-0.4, -0.2) is 90.2 Å². The molecule has 1 aliphatic heterocycles. The molecular formula is C27H42N5O13P. The van der Waals surface area contributed by atoms with E-state index in [9.17, 15) is 28.8 Å². The Balaban J connectivity index is 2.24. The number of aliphatic hydroxyl groups excluding tert-OH is 1. The fourth-order valence-electron chi connectivity index (χ4n) is 3.24. The largest absolute Gasteiger partial charge is 0.506 e. The van der Waals surface area contributed by atoms with E-state index in [0.29, 0.717) is 0 Å². The number of nitrogens with one attached hydrogen (secondary N) is 2. The molecular weight excluding hydrogens is 633 g/mol. The zero-order chi connectivity index (χ0) is 34.7. The number of esters is 2. The molecule has 258 valence electrons. The lowest BCUT2D eigenvalue weighted by Gasteiger charge is -2.21. The van der Waals surface area contributed by atoms with Gasteiger partial charge in [0.1, 0.15) is 6.54 Å². The number of amides is 3. The minimum atomic E-state index is -4.42. The Morgan fingerprint density at radius 1 is 1.04 bits per heavy atom. The molecule has 0 saturated carbocycles. The maximum atomic E-state index is 13.7. The number of allylic oxidation sites excluding steroid dienone is 2. The Hall–Kier alpha value is -3.83. The van der Waals surface area contributed by atoms with E-state index >= 15 is 0 Å². The predicted molar refractivity (Wildman–Crippen MR) is 158 cm³/mol. The quantitative estimate of drug-likeness (QED) is 0.0792. The molecule has 2 atom stereocenters. The second-order valence-corrected chi connectivity index (χ2v) is 13.7. The molecule has 1 aromatic heterocycles. The standard InChI is InChI=1S/C27H42N5O13P/c1-9-10-18(33)28-25(37)29-22-21(40-12-11-39-8)20(34)17(45-22)13-32-14-19(30-31-32)46(38,43-15-41-23(35)26(2,3)4)44-16-42-24(36)27(5,6)7/h9-10,14,21-22,34H,11-13,15-16H2,1-8H3,(H2,28,29,33,37)/b10-9-/t21?,22-/m1/s1. The van der Waals surface area contributed by atoms with E-state index in [1.165, 1.54) is 13.2 Å². The highest BCUT2D eigenvalue weighted by molar-refractivity contribution is 7.61. The van der Waals surface area contributed by atoms with Crippen LogP contribution in [0.5, 0.6) is 0 Å². The third kappa shape index (κ3) is 11.5. The SMILES string of the molecule is C/C=C\C(=O)NC(=O)N[C@@H]1OC(Cn2cc(P(=O)(OCOC(=O)C(C)(C)C)OCOC(=O)C(C)(C)C)nn2)=C(O)C1OCCOC. The van der Waals surface area contributed by atoms with Gasteiger partial charge < -0.3 is 28.8 Å². The van der Waals surface area contributed by atoms with E-state index in [1.54, 1.807) is 48.5 Å². The van der Waals surface area contributed by atoms with E-state index in [4.69, 9.17) is 32.7 Å². The van der Waals surface area contributed by atoms with Crippen molar-refractivity contribution in [3.05, 3.63) is 29.9 Å². The van der Waals surface area contributed by atoms with Gasteiger partial charge in [-0.05, 0) is 54.5 Å². The number of carbonyl (C=O) groups excluding carboxylic acids is 4. The molecule has 0 aromatic carbocycles. The summed E-state index contributed by atoms with van der Waals surface area (Å²) >= 11 is 0. The monoisotopic (exact) mass is 675 g/mol. The minimum Gasteiger partial charge on any atom is -0.506 e. The molecule has 18 nitrogen and oxygen atoms in total. The lowest BCUT2D eigenvalue weighted by Crippen LogP contribution is -2.49. The normalized spacial score (nSPS) is 17.1. The zero-order valence-electron chi connectivity index (χ0n) is 27.1. The van der Waals surface area contributed by atoms with Crippen molar-refractivity contribution in [1.29, 1.82) is 0 Å². The molecule has 2 rings (SSSR count). The van der Waals surface area contributed by atoms with Crippen molar-refractivity contribution in [3.8, 4) is 0 Å². The van der Waals surface area contributed by atoms with E-state index < -0.39 is 74.0 Å². The van der Waals surface area contributed by atoms with Crippen LogP contribution in [0.4, 0.5) is 4.79 Å². The average Bonchev–Trinajstić information content (AvgIpc) is 3.53. The van der Waals surface area contributed by atoms with Crippen molar-refractivity contribution < 1.29 is 61.6 Å². The highest BCUT2D eigenvalue weighted by atomic mass is 31.2. The summed E-state index contributed by atoms with van der Waals surface area (Å²) in [4.78, 5) is 48.4. The topological polar surface area (TPSA) is 225 Å². The summed E-state index contributed by atoms with van der Waals surface area (Å²) < 4.78 is 51.8. The van der Waals surface area contributed by atoms with Crippen molar-refractivity contribution >= 4 is 36.9 Å². The molecule has 3 N–H and O–H groups in total. The first-order valence-electron chi connectivity index (χ1n) is 14.0. The summed E-state index contributed by atoms with van der Waals surface area (Å²) in [5.41, 5.74) is -2.11. The number of aliphatic hydroxyl groups is 1. The van der Waals surface area contributed by atoms with E-state index in [1.807, 2.05) is 0 Å². The van der Waals surface area contributed by atoms with Gasteiger partial charge in [-0.3, -0.25) is 38.6 Å². The number of aromatic nitrogens is 3. The Labute approximate surface area is 266 Å². The molecule has 1 unspecified atom stereocenters. The molecule has 19 heteroatoms. The van der Waals surface area contributed by atoms with Gasteiger partial charge in [0.2, 0.25) is 19.8 Å². The van der Waals surface area contributed by atoms with Crippen LogP contribution < -0.4 is 16.1 Å². The maximum absolute atomic E-state index is 13.7. The van der Waals surface area contributed by atoms with Crippen molar-refractivity contribution in [2.24, 2.45) is 10.8 Å². The number of carbonyl (C=O) groups is 4. The van der Waals surface area contributed by atoms with Crippen LogP contribution in [0.3, 0.4) is 0 Å². The molecule has 0 aliphatic carbocycles. The Morgan fingerprint density at radius 2 is 1.63 bits per heavy atom. The summed E-state index contributed by atoms with van der Waals surface area (Å²) in [6.45, 7) is 9.58. The van der Waals surface area contributed by atoms with Crippen molar-refractivity contribution in [3.63, 3.8) is 0 Å². The molecule has 3 amide bonds. The Morgan fingerprint density at radius 3 is 2.15 bits per heavy atom. The van der Waals surface area contributed by atoms with E-state index in [2.05, 4.69) is 20.9 Å². The third-order valence-electron chi connectivity index (χ3n) is 5.68. The molecule has 0 spiro atoms. The molecule has 46 heavy (non-hydrogen) atoms.